The van der Waals surface area contributed by atoms with E-state index in [1.165, 1.54) is 6.08 Å². The molecule has 0 saturated heterocycles. The molecule has 1 N–H and O–H groups in total. The van der Waals surface area contributed by atoms with Crippen LogP contribution >= 0.6 is 11.6 Å². The predicted octanol–water partition coefficient (Wildman–Crippen LogP) is 3.74. The normalized spacial score (nSPS) is 11.0. The summed E-state index contributed by atoms with van der Waals surface area (Å²) in [5.74, 6) is -0.163. The van der Waals surface area contributed by atoms with Gasteiger partial charge in [-0.25, -0.2) is 0 Å². The zero-order valence-corrected chi connectivity index (χ0v) is 15.1. The first-order chi connectivity index (χ1) is 12.6. The van der Waals surface area contributed by atoms with E-state index in [-0.39, 0.29) is 5.91 Å². The van der Waals surface area contributed by atoms with Gasteiger partial charge in [0.15, 0.2) is 0 Å². The van der Waals surface area contributed by atoms with Crippen molar-refractivity contribution in [2.45, 2.75) is 13.5 Å². The van der Waals surface area contributed by atoms with Crippen molar-refractivity contribution in [2.75, 3.05) is 6.54 Å². The minimum absolute atomic E-state index is 0.163. The van der Waals surface area contributed by atoms with Crippen LogP contribution in [0.15, 0.2) is 60.9 Å². The Morgan fingerprint density at radius 2 is 2.00 bits per heavy atom. The van der Waals surface area contributed by atoms with E-state index in [0.29, 0.717) is 18.1 Å². The summed E-state index contributed by atoms with van der Waals surface area (Å²) in [5, 5.41) is 8.06. The zero-order chi connectivity index (χ0) is 18.4. The van der Waals surface area contributed by atoms with Crippen LogP contribution in [0.1, 0.15) is 11.3 Å². The van der Waals surface area contributed by atoms with Crippen molar-refractivity contribution in [3.63, 3.8) is 0 Å². The van der Waals surface area contributed by atoms with Crippen LogP contribution in [0.2, 0.25) is 5.02 Å². The lowest BCUT2D eigenvalue weighted by Gasteiger charge is -2.05. The fourth-order valence-corrected chi connectivity index (χ4v) is 2.72. The molecule has 6 heteroatoms. The summed E-state index contributed by atoms with van der Waals surface area (Å²) >= 11 is 6.06. The maximum atomic E-state index is 12.0. The SMILES string of the molecule is Cc1cc(-c2ccncc2)nn1CCNC(=O)/C=C/c1ccccc1Cl. The fourth-order valence-electron chi connectivity index (χ4n) is 2.52. The summed E-state index contributed by atoms with van der Waals surface area (Å²) in [4.78, 5) is 16.0. The van der Waals surface area contributed by atoms with Crippen LogP contribution in [0.25, 0.3) is 17.3 Å². The van der Waals surface area contributed by atoms with Gasteiger partial charge in [0.1, 0.15) is 0 Å². The lowest BCUT2D eigenvalue weighted by molar-refractivity contribution is -0.116. The summed E-state index contributed by atoms with van der Waals surface area (Å²) in [5.41, 5.74) is 3.77. The van der Waals surface area contributed by atoms with Gasteiger partial charge in [-0.2, -0.15) is 5.10 Å². The first kappa shape index (κ1) is 17.9. The molecule has 0 spiro atoms. The Morgan fingerprint density at radius 3 is 2.77 bits per heavy atom. The minimum Gasteiger partial charge on any atom is -0.351 e. The Bertz CT molecular complexity index is 919. The van der Waals surface area contributed by atoms with Gasteiger partial charge in [-0.05, 0) is 42.8 Å². The number of benzene rings is 1. The third kappa shape index (κ3) is 4.58. The molecule has 5 nitrogen and oxygen atoms in total. The smallest absolute Gasteiger partial charge is 0.244 e. The maximum Gasteiger partial charge on any atom is 0.244 e. The van der Waals surface area contributed by atoms with Crippen molar-refractivity contribution >= 4 is 23.6 Å². The van der Waals surface area contributed by atoms with Crippen LogP contribution < -0.4 is 5.32 Å². The van der Waals surface area contributed by atoms with Gasteiger partial charge in [0.05, 0.1) is 12.2 Å². The minimum atomic E-state index is -0.163. The van der Waals surface area contributed by atoms with E-state index in [0.717, 1.165) is 22.5 Å². The Morgan fingerprint density at radius 1 is 1.23 bits per heavy atom. The second-order valence-electron chi connectivity index (χ2n) is 5.78. The van der Waals surface area contributed by atoms with E-state index < -0.39 is 0 Å². The Hall–Kier alpha value is -2.92. The highest BCUT2D eigenvalue weighted by Crippen LogP contribution is 2.18. The van der Waals surface area contributed by atoms with Crippen LogP contribution in [0, 0.1) is 6.92 Å². The first-order valence-corrected chi connectivity index (χ1v) is 8.66. The third-order valence-corrected chi connectivity index (χ3v) is 4.24. The largest absolute Gasteiger partial charge is 0.351 e. The van der Waals surface area contributed by atoms with Crippen molar-refractivity contribution in [1.29, 1.82) is 0 Å². The number of pyridine rings is 1. The van der Waals surface area contributed by atoms with Gasteiger partial charge in [0.25, 0.3) is 0 Å². The van der Waals surface area contributed by atoms with E-state index in [4.69, 9.17) is 11.6 Å². The number of rotatable bonds is 6. The molecule has 0 aliphatic carbocycles. The maximum absolute atomic E-state index is 12.0. The highest BCUT2D eigenvalue weighted by atomic mass is 35.5. The number of hydrogen-bond acceptors (Lipinski definition) is 3. The molecule has 3 aromatic rings. The molecule has 0 radical (unpaired) electrons. The third-order valence-electron chi connectivity index (χ3n) is 3.90. The molecule has 0 unspecified atom stereocenters. The second-order valence-corrected chi connectivity index (χ2v) is 6.18. The van der Waals surface area contributed by atoms with Gasteiger partial charge in [0, 0.05) is 41.3 Å². The average molecular weight is 367 g/mol. The van der Waals surface area contributed by atoms with Gasteiger partial charge in [-0.3, -0.25) is 14.5 Å². The molecule has 1 aromatic carbocycles. The van der Waals surface area contributed by atoms with Crippen LogP contribution in [-0.2, 0) is 11.3 Å². The summed E-state index contributed by atoms with van der Waals surface area (Å²) in [6.07, 6.45) is 6.68. The van der Waals surface area contributed by atoms with E-state index in [2.05, 4.69) is 15.4 Å². The molecule has 2 heterocycles. The molecule has 0 saturated carbocycles. The van der Waals surface area contributed by atoms with Crippen molar-refractivity contribution in [3.05, 3.63) is 77.2 Å². The van der Waals surface area contributed by atoms with Crippen LogP contribution in [0.3, 0.4) is 0 Å². The molecule has 26 heavy (non-hydrogen) atoms. The van der Waals surface area contributed by atoms with Crippen molar-refractivity contribution in [1.82, 2.24) is 20.1 Å². The molecular formula is C20H19ClN4O. The number of aromatic nitrogens is 3. The van der Waals surface area contributed by atoms with Crippen LogP contribution in [-0.4, -0.2) is 27.2 Å². The number of halogens is 1. The number of hydrogen-bond donors (Lipinski definition) is 1. The number of amides is 1. The average Bonchev–Trinajstić information content (AvgIpc) is 3.03. The molecule has 1 amide bonds. The summed E-state index contributed by atoms with van der Waals surface area (Å²) in [6, 6.07) is 13.3. The van der Waals surface area contributed by atoms with Crippen LogP contribution in [0.5, 0.6) is 0 Å². The van der Waals surface area contributed by atoms with Crippen molar-refractivity contribution in [2.24, 2.45) is 0 Å². The molecule has 0 atom stereocenters. The number of nitrogens with zero attached hydrogens (tertiary/aromatic N) is 3. The second kappa shape index (κ2) is 8.45. The number of nitrogens with one attached hydrogen (secondary N) is 1. The summed E-state index contributed by atoms with van der Waals surface area (Å²) < 4.78 is 1.88. The van der Waals surface area contributed by atoms with Crippen molar-refractivity contribution in [3.8, 4) is 11.3 Å². The summed E-state index contributed by atoms with van der Waals surface area (Å²) in [7, 11) is 0. The Labute approximate surface area is 157 Å². The molecule has 0 fully saturated rings. The van der Waals surface area contributed by atoms with E-state index in [9.17, 15) is 4.79 Å². The summed E-state index contributed by atoms with van der Waals surface area (Å²) in [6.45, 7) is 3.09. The van der Waals surface area contributed by atoms with Gasteiger partial charge in [-0.1, -0.05) is 29.8 Å². The predicted molar refractivity (Wildman–Crippen MR) is 104 cm³/mol. The molecule has 3 rings (SSSR count). The van der Waals surface area contributed by atoms with E-state index in [1.54, 1.807) is 24.5 Å². The number of aryl methyl sites for hydroxylation is 1. The Balaban J connectivity index is 1.54. The van der Waals surface area contributed by atoms with Gasteiger partial charge < -0.3 is 5.32 Å². The molecule has 132 valence electrons. The van der Waals surface area contributed by atoms with Gasteiger partial charge in [-0.15, -0.1) is 0 Å². The molecule has 0 aliphatic rings. The van der Waals surface area contributed by atoms with Crippen LogP contribution in [0.4, 0.5) is 0 Å². The number of carbonyl (C=O) groups is 1. The molecule has 0 bridgehead atoms. The zero-order valence-electron chi connectivity index (χ0n) is 14.4. The highest BCUT2D eigenvalue weighted by Gasteiger charge is 2.06. The monoisotopic (exact) mass is 366 g/mol. The molecule has 0 aliphatic heterocycles. The molecule has 2 aromatic heterocycles. The number of carbonyl (C=O) groups excluding carboxylic acids is 1. The van der Waals surface area contributed by atoms with Crippen molar-refractivity contribution < 1.29 is 4.79 Å². The van der Waals surface area contributed by atoms with E-state index in [1.807, 2.05) is 48.0 Å². The lowest BCUT2D eigenvalue weighted by atomic mass is 10.2. The first-order valence-electron chi connectivity index (χ1n) is 8.29. The van der Waals surface area contributed by atoms with Gasteiger partial charge in [0.2, 0.25) is 5.91 Å². The quantitative estimate of drug-likeness (QED) is 0.676. The fraction of sp³-hybridized carbons (Fsp3) is 0.150. The topological polar surface area (TPSA) is 59.8 Å². The van der Waals surface area contributed by atoms with E-state index >= 15 is 0 Å². The van der Waals surface area contributed by atoms with Gasteiger partial charge >= 0.3 is 0 Å². The standard InChI is InChI=1S/C20H19ClN4O/c1-15-14-19(17-8-10-22-11-9-17)24-25(15)13-12-23-20(26)7-6-16-4-2-3-5-18(16)21/h2-11,14H,12-13H2,1H3,(H,23,26)/b7-6+. The molecular weight excluding hydrogens is 348 g/mol. The highest BCUT2D eigenvalue weighted by molar-refractivity contribution is 6.32. The lowest BCUT2D eigenvalue weighted by Crippen LogP contribution is -2.26. The Kier molecular flexibility index (Phi) is 5.81.